The van der Waals surface area contributed by atoms with Gasteiger partial charge in [-0.3, -0.25) is 0 Å². The van der Waals surface area contributed by atoms with E-state index in [2.05, 4.69) is 4.98 Å². The second kappa shape index (κ2) is 3.99. The zero-order valence-corrected chi connectivity index (χ0v) is 9.72. The molecule has 4 nitrogen and oxygen atoms in total. The second-order valence-corrected chi connectivity index (χ2v) is 4.56. The van der Waals surface area contributed by atoms with Crippen molar-refractivity contribution in [2.75, 3.05) is 13.2 Å². The smallest absolute Gasteiger partial charge is 0.335 e. The van der Waals surface area contributed by atoms with E-state index in [9.17, 15) is 4.79 Å². The molecule has 0 bridgehead atoms. The van der Waals surface area contributed by atoms with Gasteiger partial charge in [-0.1, -0.05) is 12.1 Å². The first-order valence-electron chi connectivity index (χ1n) is 5.77. The first kappa shape index (κ1) is 11.0. The standard InChI is InChI=1S/C14H13NO3/c16-13(17)10-1-3-11(4-2-10)14(8-18-9-14)12-5-6-15-7-12/h1-7,15H,8-9H2,(H,16,17). The van der Waals surface area contributed by atoms with Crippen LogP contribution in [0.2, 0.25) is 0 Å². The van der Waals surface area contributed by atoms with Crippen molar-refractivity contribution in [2.24, 2.45) is 0 Å². The van der Waals surface area contributed by atoms with Gasteiger partial charge < -0.3 is 14.8 Å². The molecule has 2 N–H and O–H groups in total. The number of carboxylic acids is 1. The lowest BCUT2D eigenvalue weighted by atomic mass is 9.74. The predicted molar refractivity (Wildman–Crippen MR) is 65.8 cm³/mol. The van der Waals surface area contributed by atoms with Crippen LogP contribution in [-0.2, 0) is 10.2 Å². The number of aromatic amines is 1. The minimum atomic E-state index is -0.901. The van der Waals surface area contributed by atoms with Gasteiger partial charge in [-0.25, -0.2) is 4.79 Å². The van der Waals surface area contributed by atoms with Gasteiger partial charge in [0.15, 0.2) is 0 Å². The van der Waals surface area contributed by atoms with Crippen molar-refractivity contribution < 1.29 is 14.6 Å². The van der Waals surface area contributed by atoms with Gasteiger partial charge in [0.05, 0.1) is 24.2 Å². The van der Waals surface area contributed by atoms with E-state index in [-0.39, 0.29) is 5.41 Å². The highest BCUT2D eigenvalue weighted by Gasteiger charge is 2.42. The van der Waals surface area contributed by atoms with E-state index in [1.54, 1.807) is 12.1 Å². The Hall–Kier alpha value is -2.07. The number of aromatic carboxylic acids is 1. The van der Waals surface area contributed by atoms with Crippen LogP contribution in [0.15, 0.2) is 42.7 Å². The highest BCUT2D eigenvalue weighted by atomic mass is 16.5. The minimum Gasteiger partial charge on any atom is -0.478 e. The average Bonchev–Trinajstić information content (AvgIpc) is 2.82. The van der Waals surface area contributed by atoms with Gasteiger partial charge in [-0.15, -0.1) is 0 Å². The zero-order chi connectivity index (χ0) is 12.6. The fourth-order valence-electron chi connectivity index (χ4n) is 2.36. The molecule has 0 radical (unpaired) electrons. The van der Waals surface area contributed by atoms with E-state index in [1.807, 2.05) is 30.6 Å². The lowest BCUT2D eigenvalue weighted by molar-refractivity contribution is -0.0379. The van der Waals surface area contributed by atoms with Crippen LogP contribution in [0.1, 0.15) is 21.5 Å². The fourth-order valence-corrected chi connectivity index (χ4v) is 2.36. The molecule has 1 saturated heterocycles. The summed E-state index contributed by atoms with van der Waals surface area (Å²) in [6, 6.07) is 9.07. The molecule has 0 unspecified atom stereocenters. The summed E-state index contributed by atoms with van der Waals surface area (Å²) in [4.78, 5) is 13.9. The highest BCUT2D eigenvalue weighted by molar-refractivity contribution is 5.87. The lowest BCUT2D eigenvalue weighted by Gasteiger charge is -2.41. The summed E-state index contributed by atoms with van der Waals surface area (Å²) in [7, 11) is 0. The van der Waals surface area contributed by atoms with E-state index >= 15 is 0 Å². The monoisotopic (exact) mass is 243 g/mol. The lowest BCUT2D eigenvalue weighted by Crippen LogP contribution is -2.47. The molecule has 92 valence electrons. The van der Waals surface area contributed by atoms with Crippen molar-refractivity contribution in [2.45, 2.75) is 5.41 Å². The summed E-state index contributed by atoms with van der Waals surface area (Å²) in [6.07, 6.45) is 3.86. The molecule has 18 heavy (non-hydrogen) atoms. The molecule has 0 aliphatic carbocycles. The predicted octanol–water partition coefficient (Wildman–Crippen LogP) is 2.03. The van der Waals surface area contributed by atoms with Gasteiger partial charge in [-0.05, 0) is 29.3 Å². The number of hydrogen-bond donors (Lipinski definition) is 2. The van der Waals surface area contributed by atoms with Gasteiger partial charge in [0.1, 0.15) is 0 Å². The van der Waals surface area contributed by atoms with Crippen molar-refractivity contribution in [3.8, 4) is 0 Å². The third-order valence-corrected chi connectivity index (χ3v) is 3.53. The highest BCUT2D eigenvalue weighted by Crippen LogP contribution is 2.38. The van der Waals surface area contributed by atoms with Gasteiger partial charge in [-0.2, -0.15) is 0 Å². The Bertz CT molecular complexity index is 553. The van der Waals surface area contributed by atoms with Crippen molar-refractivity contribution in [1.29, 1.82) is 0 Å². The average molecular weight is 243 g/mol. The Kier molecular flexibility index (Phi) is 2.45. The molecule has 2 heterocycles. The van der Waals surface area contributed by atoms with E-state index in [1.165, 1.54) is 5.56 Å². The molecule has 0 saturated carbocycles. The summed E-state index contributed by atoms with van der Waals surface area (Å²) in [5.41, 5.74) is 2.45. The molecule has 0 amide bonds. The van der Waals surface area contributed by atoms with Crippen molar-refractivity contribution in [1.82, 2.24) is 4.98 Å². The van der Waals surface area contributed by atoms with Crippen LogP contribution in [0.4, 0.5) is 0 Å². The van der Waals surface area contributed by atoms with Gasteiger partial charge in [0.2, 0.25) is 0 Å². The largest absolute Gasteiger partial charge is 0.478 e. The van der Waals surface area contributed by atoms with E-state index in [4.69, 9.17) is 9.84 Å². The normalized spacial score (nSPS) is 17.1. The van der Waals surface area contributed by atoms with E-state index in [0.717, 1.165) is 5.56 Å². The van der Waals surface area contributed by atoms with Gasteiger partial charge in [0.25, 0.3) is 0 Å². The Morgan fingerprint density at radius 1 is 1.17 bits per heavy atom. The number of nitrogens with one attached hydrogen (secondary N) is 1. The van der Waals surface area contributed by atoms with Crippen LogP contribution in [-0.4, -0.2) is 29.3 Å². The first-order valence-corrected chi connectivity index (χ1v) is 5.77. The Labute approximate surface area is 104 Å². The molecule has 1 aromatic heterocycles. The van der Waals surface area contributed by atoms with Crippen LogP contribution < -0.4 is 0 Å². The summed E-state index contributed by atoms with van der Waals surface area (Å²) in [5.74, 6) is -0.901. The molecule has 0 atom stereocenters. The number of carboxylic acid groups (broad SMARTS) is 1. The van der Waals surface area contributed by atoms with Crippen molar-refractivity contribution in [3.05, 3.63) is 59.4 Å². The zero-order valence-electron chi connectivity index (χ0n) is 9.72. The van der Waals surface area contributed by atoms with E-state index in [0.29, 0.717) is 18.8 Å². The Balaban J connectivity index is 2.00. The summed E-state index contributed by atoms with van der Waals surface area (Å²) >= 11 is 0. The Morgan fingerprint density at radius 3 is 2.33 bits per heavy atom. The summed E-state index contributed by atoms with van der Waals surface area (Å²) in [6.45, 7) is 1.27. The molecule has 0 spiro atoms. The van der Waals surface area contributed by atoms with Crippen LogP contribution in [0, 0.1) is 0 Å². The molecule has 1 aromatic carbocycles. The number of ether oxygens (including phenoxy) is 1. The maximum atomic E-state index is 10.8. The van der Waals surface area contributed by atoms with Crippen LogP contribution >= 0.6 is 0 Å². The van der Waals surface area contributed by atoms with E-state index < -0.39 is 5.97 Å². The van der Waals surface area contributed by atoms with Crippen LogP contribution in [0.5, 0.6) is 0 Å². The quantitative estimate of drug-likeness (QED) is 0.867. The molecule has 2 aromatic rings. The summed E-state index contributed by atoms with van der Waals surface area (Å²) in [5, 5.41) is 8.90. The maximum Gasteiger partial charge on any atom is 0.335 e. The molecule has 3 rings (SSSR count). The topological polar surface area (TPSA) is 62.3 Å². The minimum absolute atomic E-state index is 0.128. The third kappa shape index (κ3) is 1.54. The summed E-state index contributed by atoms with van der Waals surface area (Å²) < 4.78 is 5.36. The maximum absolute atomic E-state index is 10.8. The van der Waals surface area contributed by atoms with Gasteiger partial charge in [0, 0.05) is 12.4 Å². The number of rotatable bonds is 3. The number of hydrogen-bond acceptors (Lipinski definition) is 2. The van der Waals surface area contributed by atoms with Gasteiger partial charge >= 0.3 is 5.97 Å². The number of aromatic nitrogens is 1. The number of carbonyl (C=O) groups is 1. The number of H-pyrrole nitrogens is 1. The molecule has 1 aliphatic rings. The second-order valence-electron chi connectivity index (χ2n) is 4.56. The molecule has 1 fully saturated rings. The first-order chi connectivity index (χ1) is 8.72. The van der Waals surface area contributed by atoms with Crippen LogP contribution in [0.3, 0.4) is 0 Å². The third-order valence-electron chi connectivity index (χ3n) is 3.53. The molecule has 1 aliphatic heterocycles. The van der Waals surface area contributed by atoms with Crippen molar-refractivity contribution in [3.63, 3.8) is 0 Å². The molecular formula is C14H13NO3. The SMILES string of the molecule is O=C(O)c1ccc(C2(c3cc[nH]c3)COC2)cc1. The molecule has 4 heteroatoms. The number of benzene rings is 1. The molecular weight excluding hydrogens is 230 g/mol. The fraction of sp³-hybridized carbons (Fsp3) is 0.214. The van der Waals surface area contributed by atoms with Crippen LogP contribution in [0.25, 0.3) is 0 Å². The van der Waals surface area contributed by atoms with Crippen molar-refractivity contribution >= 4 is 5.97 Å². The Morgan fingerprint density at radius 2 is 1.89 bits per heavy atom.